The predicted molar refractivity (Wildman–Crippen MR) is 103 cm³/mol. The Hall–Kier alpha value is -1.14. The van der Waals surface area contributed by atoms with E-state index in [2.05, 4.69) is 18.1 Å². The van der Waals surface area contributed by atoms with Crippen molar-refractivity contribution in [1.29, 1.82) is 0 Å². The number of rotatable bonds is 10. The molecule has 188 valence electrons. The molecule has 0 bridgehead atoms. The van der Waals surface area contributed by atoms with Crippen molar-refractivity contribution in [3.63, 3.8) is 0 Å². The van der Waals surface area contributed by atoms with Crippen molar-refractivity contribution < 1.29 is 71.3 Å². The van der Waals surface area contributed by atoms with Gasteiger partial charge < -0.3 is 39.6 Å². The van der Waals surface area contributed by atoms with Gasteiger partial charge in [-0.25, -0.2) is 13.7 Å². The van der Waals surface area contributed by atoms with Gasteiger partial charge in [-0.1, -0.05) is 0 Å². The Morgan fingerprint density at radius 1 is 1.12 bits per heavy atom. The van der Waals surface area contributed by atoms with E-state index < -0.39 is 72.6 Å². The first kappa shape index (κ1) is 28.1. The second kappa shape index (κ2) is 10.2. The number of nitrogens with one attached hydrogen (secondary N) is 1. The summed E-state index contributed by atoms with van der Waals surface area (Å²) in [6, 6.07) is 0. The number of aliphatic hydroxyl groups is 2. The van der Waals surface area contributed by atoms with Gasteiger partial charge in [0.25, 0.3) is 5.56 Å². The maximum atomic E-state index is 11.8. The molecule has 33 heavy (non-hydrogen) atoms. The number of aliphatic hydroxyl groups excluding tert-OH is 2. The third-order valence-electron chi connectivity index (χ3n) is 3.81. The highest BCUT2D eigenvalue weighted by molar-refractivity contribution is 7.71. The van der Waals surface area contributed by atoms with E-state index in [1.54, 1.807) is 0 Å². The minimum absolute atomic E-state index is 0.280. The van der Waals surface area contributed by atoms with Crippen LogP contribution < -0.4 is 5.56 Å². The maximum absolute atomic E-state index is 11.8. The zero-order chi connectivity index (χ0) is 25.4. The number of carboxylic acid groups (broad SMARTS) is 1. The Kier molecular flexibility index (Phi) is 8.71. The summed E-state index contributed by atoms with van der Waals surface area (Å²) in [5, 5.41) is 29.2. The summed E-state index contributed by atoms with van der Waals surface area (Å²) in [5.41, 5.74) is -1.10. The number of hydrogen-bond acceptors (Lipinski definition) is 12. The van der Waals surface area contributed by atoms with Crippen LogP contribution in [0.25, 0.3) is 0 Å². The van der Waals surface area contributed by atoms with E-state index in [1.807, 2.05) is 0 Å². The standard InChI is InChI=1S/C11H17N2O16P3S/c14-6(15)1-4-2-13(11(33)12-9(4)18)10-8(17)7(16)5(27-10)3-26-31(22,23)29-32(24,25)28-30(19,20)21/h2,5,7-8,10,16-17H,1,3H2,(H,14,15)(H,22,23)(H,24,25)(H,12,18,33)(H2,19,20,21)/t5-,7-,8-,10-/m1/s1. The molecule has 2 unspecified atom stereocenters. The Balaban J connectivity index is 2.15. The molecule has 0 spiro atoms. The number of phosphoric acid groups is 3. The molecule has 0 radical (unpaired) electrons. The zero-order valence-corrected chi connectivity index (χ0v) is 19.3. The Bertz CT molecular complexity index is 1160. The first-order valence-corrected chi connectivity index (χ1v) is 13.2. The summed E-state index contributed by atoms with van der Waals surface area (Å²) in [4.78, 5) is 60.4. The average molecular weight is 558 g/mol. The first-order valence-electron chi connectivity index (χ1n) is 8.27. The highest BCUT2D eigenvalue weighted by Gasteiger charge is 2.46. The van der Waals surface area contributed by atoms with Gasteiger partial charge in [-0.3, -0.25) is 23.7 Å². The molecule has 1 saturated heterocycles. The van der Waals surface area contributed by atoms with E-state index in [9.17, 15) is 38.4 Å². The van der Waals surface area contributed by atoms with E-state index in [0.717, 1.165) is 10.8 Å². The Labute approximate surface area is 187 Å². The van der Waals surface area contributed by atoms with Gasteiger partial charge in [0.2, 0.25) is 0 Å². The van der Waals surface area contributed by atoms with Gasteiger partial charge in [-0.2, -0.15) is 8.62 Å². The summed E-state index contributed by atoms with van der Waals surface area (Å²) < 4.78 is 51.0. The molecule has 1 fully saturated rings. The molecular weight excluding hydrogens is 541 g/mol. The molecule has 0 aliphatic carbocycles. The largest absolute Gasteiger partial charge is 0.490 e. The number of ether oxygens (including phenoxy) is 1. The summed E-state index contributed by atoms with van der Waals surface area (Å²) in [5.74, 6) is -1.36. The molecule has 1 aromatic rings. The molecule has 2 rings (SSSR count). The van der Waals surface area contributed by atoms with Crippen molar-refractivity contribution >= 4 is 41.7 Å². The average Bonchev–Trinajstić information content (AvgIpc) is 2.87. The third kappa shape index (κ3) is 7.95. The number of H-pyrrole nitrogens is 1. The molecule has 1 aliphatic rings. The molecule has 0 aromatic carbocycles. The molecular formula is C11H17N2O16P3S. The number of carboxylic acids is 1. The van der Waals surface area contributed by atoms with Crippen LogP contribution >= 0.6 is 35.7 Å². The lowest BCUT2D eigenvalue weighted by molar-refractivity contribution is -0.136. The summed E-state index contributed by atoms with van der Waals surface area (Å²) >= 11 is 4.92. The smallest absolute Gasteiger partial charge is 0.481 e. The van der Waals surface area contributed by atoms with Gasteiger partial charge >= 0.3 is 29.4 Å². The maximum Gasteiger partial charge on any atom is 0.490 e. The molecule has 2 heterocycles. The van der Waals surface area contributed by atoms with E-state index in [4.69, 9.17) is 36.7 Å². The molecule has 8 N–H and O–H groups in total. The monoisotopic (exact) mass is 558 g/mol. The quantitative estimate of drug-likeness (QED) is 0.120. The van der Waals surface area contributed by atoms with Crippen LogP contribution in [-0.2, 0) is 42.8 Å². The zero-order valence-electron chi connectivity index (χ0n) is 15.8. The summed E-state index contributed by atoms with van der Waals surface area (Å²) in [6.45, 7) is -1.07. The van der Waals surface area contributed by atoms with Crippen molar-refractivity contribution in [2.75, 3.05) is 6.61 Å². The molecule has 0 saturated carbocycles. The fourth-order valence-electron chi connectivity index (χ4n) is 2.57. The normalized spacial score (nSPS) is 27.1. The van der Waals surface area contributed by atoms with Crippen LogP contribution in [-0.4, -0.2) is 75.3 Å². The topological polar surface area (TPSA) is 285 Å². The lowest BCUT2D eigenvalue weighted by Crippen LogP contribution is -2.34. The molecule has 1 aliphatic heterocycles. The number of carbonyl (C=O) groups is 1. The van der Waals surface area contributed by atoms with Gasteiger partial charge in [-0.05, 0) is 12.2 Å². The molecule has 22 heteroatoms. The SMILES string of the molecule is O=C(O)Cc1cn([C@@H]2O[C@H](COP(=O)(O)OP(=O)(O)OP(=O)(O)O)[C@@H](O)[C@H]2O)c(=S)[nH]c1=O. The minimum atomic E-state index is -5.77. The number of aromatic nitrogens is 2. The summed E-state index contributed by atoms with van der Waals surface area (Å²) in [6.07, 6.45) is -6.50. The van der Waals surface area contributed by atoms with Gasteiger partial charge in [0, 0.05) is 11.8 Å². The second-order valence-electron chi connectivity index (χ2n) is 6.32. The van der Waals surface area contributed by atoms with Crippen molar-refractivity contribution in [2.24, 2.45) is 0 Å². The lowest BCUT2D eigenvalue weighted by Gasteiger charge is -2.19. The number of aliphatic carboxylic acids is 1. The van der Waals surface area contributed by atoms with Crippen LogP contribution in [0.3, 0.4) is 0 Å². The first-order chi connectivity index (χ1) is 14.9. The van der Waals surface area contributed by atoms with Gasteiger partial charge in [0.05, 0.1) is 13.0 Å². The van der Waals surface area contributed by atoms with Crippen molar-refractivity contribution in [1.82, 2.24) is 9.55 Å². The Morgan fingerprint density at radius 2 is 1.73 bits per heavy atom. The van der Waals surface area contributed by atoms with Crippen LogP contribution in [0.1, 0.15) is 11.8 Å². The van der Waals surface area contributed by atoms with Crippen LogP contribution in [0.2, 0.25) is 0 Å². The molecule has 0 amide bonds. The van der Waals surface area contributed by atoms with Gasteiger partial charge in [0.15, 0.2) is 11.0 Å². The van der Waals surface area contributed by atoms with Crippen LogP contribution in [0, 0.1) is 4.77 Å². The summed E-state index contributed by atoms with van der Waals surface area (Å²) in [7, 11) is -16.9. The molecule has 6 atom stereocenters. The number of nitrogens with zero attached hydrogens (tertiary/aromatic N) is 1. The van der Waals surface area contributed by atoms with E-state index in [-0.39, 0.29) is 10.3 Å². The van der Waals surface area contributed by atoms with Crippen molar-refractivity contribution in [3.05, 3.63) is 26.9 Å². The second-order valence-corrected chi connectivity index (χ2v) is 11.1. The number of phosphoric ester groups is 1. The Morgan fingerprint density at radius 3 is 2.27 bits per heavy atom. The van der Waals surface area contributed by atoms with Crippen molar-refractivity contribution in [2.45, 2.75) is 31.0 Å². The fraction of sp³-hybridized carbons (Fsp3) is 0.545. The number of hydrogen-bond donors (Lipinski definition) is 8. The predicted octanol–water partition coefficient (Wildman–Crippen LogP) is -1.50. The van der Waals surface area contributed by atoms with E-state index in [0.29, 0.717) is 0 Å². The van der Waals surface area contributed by atoms with Crippen LogP contribution in [0.5, 0.6) is 0 Å². The van der Waals surface area contributed by atoms with Crippen LogP contribution in [0.4, 0.5) is 0 Å². The van der Waals surface area contributed by atoms with Gasteiger partial charge in [0.1, 0.15) is 18.3 Å². The lowest BCUT2D eigenvalue weighted by atomic mass is 10.1. The van der Waals surface area contributed by atoms with E-state index >= 15 is 0 Å². The minimum Gasteiger partial charge on any atom is -0.481 e. The molecule has 1 aromatic heterocycles. The highest BCUT2D eigenvalue weighted by atomic mass is 32.1. The highest BCUT2D eigenvalue weighted by Crippen LogP contribution is 2.66. The van der Waals surface area contributed by atoms with E-state index in [1.165, 1.54) is 0 Å². The van der Waals surface area contributed by atoms with Crippen LogP contribution in [0.15, 0.2) is 11.0 Å². The molecule has 18 nitrogen and oxygen atoms in total. The van der Waals surface area contributed by atoms with Crippen molar-refractivity contribution in [3.8, 4) is 0 Å². The third-order valence-corrected chi connectivity index (χ3v) is 7.93. The number of aromatic amines is 1. The fourth-order valence-corrected chi connectivity index (χ4v) is 5.85. The van der Waals surface area contributed by atoms with Gasteiger partial charge in [-0.15, -0.1) is 0 Å².